The molecule has 1 rings (SSSR count). The summed E-state index contributed by atoms with van der Waals surface area (Å²) >= 11 is 0. The molecule has 0 radical (unpaired) electrons. The van der Waals surface area contributed by atoms with Crippen LogP contribution in [0, 0.1) is 11.3 Å². The van der Waals surface area contributed by atoms with Crippen LogP contribution in [0.3, 0.4) is 0 Å². The van der Waals surface area contributed by atoms with E-state index in [9.17, 15) is 18.0 Å². The van der Waals surface area contributed by atoms with Gasteiger partial charge in [0.05, 0.1) is 17.2 Å². The monoisotopic (exact) mass is 245 g/mol. The van der Waals surface area contributed by atoms with E-state index >= 15 is 0 Å². The van der Waals surface area contributed by atoms with Crippen molar-refractivity contribution in [3.05, 3.63) is 34.9 Å². The molecule has 1 aromatic carbocycles. The number of alkyl halides is 3. The van der Waals surface area contributed by atoms with Crippen LogP contribution >= 0.6 is 0 Å². The summed E-state index contributed by atoms with van der Waals surface area (Å²) in [6, 6.07) is 4.12. The molecule has 0 heterocycles. The fourth-order valence-corrected chi connectivity index (χ4v) is 1.34. The van der Waals surface area contributed by atoms with Gasteiger partial charge in [-0.3, -0.25) is 0 Å². The number of aliphatic hydroxyl groups excluding tert-OH is 1. The quantitative estimate of drug-likeness (QED) is 0.830. The Bertz CT molecular complexity index is 491. The Morgan fingerprint density at radius 1 is 1.41 bits per heavy atom. The SMILES string of the molecule is N#Cc1cccc(C(O)C(=O)O)c1C(F)(F)F. The van der Waals surface area contributed by atoms with E-state index in [1.165, 1.54) is 6.07 Å². The van der Waals surface area contributed by atoms with Crippen LogP contribution in [0.5, 0.6) is 0 Å². The van der Waals surface area contributed by atoms with Gasteiger partial charge in [-0.15, -0.1) is 0 Å². The highest BCUT2D eigenvalue weighted by molar-refractivity contribution is 5.75. The highest BCUT2D eigenvalue weighted by Crippen LogP contribution is 2.36. The maximum Gasteiger partial charge on any atom is 0.418 e. The summed E-state index contributed by atoms with van der Waals surface area (Å²) in [5, 5.41) is 26.2. The zero-order chi connectivity index (χ0) is 13.2. The van der Waals surface area contributed by atoms with Crippen LogP contribution in [-0.4, -0.2) is 16.2 Å². The maximum absolute atomic E-state index is 12.7. The number of carboxylic acids is 1. The Labute approximate surface area is 93.5 Å². The first-order valence-electron chi connectivity index (χ1n) is 4.30. The van der Waals surface area contributed by atoms with Crippen molar-refractivity contribution < 1.29 is 28.2 Å². The lowest BCUT2D eigenvalue weighted by atomic mass is 9.97. The maximum atomic E-state index is 12.7. The molecule has 0 aromatic heterocycles. The lowest BCUT2D eigenvalue weighted by molar-refractivity contribution is -0.149. The third-order valence-corrected chi connectivity index (χ3v) is 2.03. The van der Waals surface area contributed by atoms with Gasteiger partial charge in [-0.2, -0.15) is 18.4 Å². The summed E-state index contributed by atoms with van der Waals surface area (Å²) in [5.74, 6) is -1.81. The molecule has 1 aromatic rings. The fraction of sp³-hybridized carbons (Fsp3) is 0.200. The molecule has 0 aliphatic heterocycles. The first kappa shape index (κ1) is 13.0. The summed E-state index contributed by atoms with van der Waals surface area (Å²) in [6.45, 7) is 0. The van der Waals surface area contributed by atoms with E-state index in [-0.39, 0.29) is 0 Å². The molecule has 17 heavy (non-hydrogen) atoms. The standard InChI is InChI=1S/C10H6F3NO3/c11-10(12,13)7-5(4-14)2-1-3-6(7)8(15)9(16)17/h1-3,8,15H,(H,16,17). The number of benzene rings is 1. The van der Waals surface area contributed by atoms with E-state index in [2.05, 4.69) is 0 Å². The third-order valence-electron chi connectivity index (χ3n) is 2.03. The van der Waals surface area contributed by atoms with E-state index in [0.717, 1.165) is 18.2 Å². The molecule has 1 atom stereocenters. The van der Waals surface area contributed by atoms with E-state index < -0.39 is 34.9 Å². The van der Waals surface area contributed by atoms with Crippen molar-refractivity contribution in [2.75, 3.05) is 0 Å². The van der Waals surface area contributed by atoms with Gasteiger partial charge >= 0.3 is 12.1 Å². The molecule has 90 valence electrons. The largest absolute Gasteiger partial charge is 0.479 e. The minimum atomic E-state index is -4.90. The van der Waals surface area contributed by atoms with Crippen LogP contribution in [0.1, 0.15) is 22.8 Å². The van der Waals surface area contributed by atoms with Crippen LogP contribution < -0.4 is 0 Å². The van der Waals surface area contributed by atoms with Crippen LogP contribution in [0.4, 0.5) is 13.2 Å². The van der Waals surface area contributed by atoms with Crippen molar-refractivity contribution in [1.29, 1.82) is 5.26 Å². The second kappa shape index (κ2) is 4.43. The van der Waals surface area contributed by atoms with Crippen LogP contribution in [-0.2, 0) is 11.0 Å². The molecule has 2 N–H and O–H groups in total. The van der Waals surface area contributed by atoms with E-state index in [1.807, 2.05) is 0 Å². The molecule has 0 bridgehead atoms. The average Bonchev–Trinajstić information content (AvgIpc) is 2.25. The van der Waals surface area contributed by atoms with Crippen LogP contribution in [0.15, 0.2) is 18.2 Å². The average molecular weight is 245 g/mol. The number of aliphatic carboxylic acids is 1. The van der Waals surface area contributed by atoms with Crippen molar-refractivity contribution in [1.82, 2.24) is 0 Å². The fourth-order valence-electron chi connectivity index (χ4n) is 1.34. The topological polar surface area (TPSA) is 81.3 Å². The summed E-state index contributed by atoms with van der Waals surface area (Å²) in [6.07, 6.45) is -7.22. The normalized spacial score (nSPS) is 12.9. The predicted molar refractivity (Wildman–Crippen MR) is 48.8 cm³/mol. The van der Waals surface area contributed by atoms with Crippen molar-refractivity contribution in [2.45, 2.75) is 12.3 Å². The van der Waals surface area contributed by atoms with Crippen molar-refractivity contribution >= 4 is 5.97 Å². The zero-order valence-corrected chi connectivity index (χ0v) is 8.19. The van der Waals surface area contributed by atoms with Crippen LogP contribution in [0.25, 0.3) is 0 Å². The highest BCUT2D eigenvalue weighted by atomic mass is 19.4. The molecule has 0 saturated heterocycles. The molecular formula is C10H6F3NO3. The van der Waals surface area contributed by atoms with Gasteiger partial charge in [0.25, 0.3) is 0 Å². The minimum Gasteiger partial charge on any atom is -0.479 e. The summed E-state index contributed by atoms with van der Waals surface area (Å²) in [4.78, 5) is 10.5. The lowest BCUT2D eigenvalue weighted by Gasteiger charge is -2.15. The van der Waals surface area contributed by atoms with Crippen molar-refractivity contribution in [2.24, 2.45) is 0 Å². The van der Waals surface area contributed by atoms with Gasteiger partial charge in [0.1, 0.15) is 0 Å². The number of hydrogen-bond donors (Lipinski definition) is 2. The Morgan fingerprint density at radius 3 is 2.41 bits per heavy atom. The molecular weight excluding hydrogens is 239 g/mol. The number of carbonyl (C=O) groups is 1. The number of nitriles is 1. The van der Waals surface area contributed by atoms with Gasteiger partial charge in [-0.1, -0.05) is 12.1 Å². The highest BCUT2D eigenvalue weighted by Gasteiger charge is 2.39. The molecule has 0 saturated carbocycles. The first-order chi connectivity index (χ1) is 7.79. The van der Waals surface area contributed by atoms with Gasteiger partial charge in [0.15, 0.2) is 6.10 Å². The Hall–Kier alpha value is -2.07. The second-order valence-corrected chi connectivity index (χ2v) is 3.12. The predicted octanol–water partition coefficient (Wildman–Crippen LogP) is 1.70. The van der Waals surface area contributed by atoms with Gasteiger partial charge < -0.3 is 10.2 Å². The molecule has 0 fully saturated rings. The van der Waals surface area contributed by atoms with Gasteiger partial charge in [-0.05, 0) is 6.07 Å². The van der Waals surface area contributed by atoms with Gasteiger partial charge in [-0.25, -0.2) is 4.79 Å². The summed E-state index contributed by atoms with van der Waals surface area (Å²) in [7, 11) is 0. The molecule has 7 heteroatoms. The van der Waals surface area contributed by atoms with E-state index in [4.69, 9.17) is 15.5 Å². The zero-order valence-electron chi connectivity index (χ0n) is 8.19. The second-order valence-electron chi connectivity index (χ2n) is 3.12. The molecule has 0 aliphatic rings. The number of aliphatic hydroxyl groups is 1. The minimum absolute atomic E-state index is 0.727. The molecule has 4 nitrogen and oxygen atoms in total. The van der Waals surface area contributed by atoms with Crippen LogP contribution in [0.2, 0.25) is 0 Å². The van der Waals surface area contributed by atoms with E-state index in [1.54, 1.807) is 0 Å². The lowest BCUT2D eigenvalue weighted by Crippen LogP contribution is -2.18. The number of rotatable bonds is 2. The molecule has 0 amide bonds. The third kappa shape index (κ3) is 2.54. The van der Waals surface area contributed by atoms with Crippen molar-refractivity contribution in [3.63, 3.8) is 0 Å². The number of halogens is 3. The molecule has 1 unspecified atom stereocenters. The Balaban J connectivity index is 3.52. The Kier molecular flexibility index (Phi) is 3.39. The van der Waals surface area contributed by atoms with Gasteiger partial charge in [0.2, 0.25) is 0 Å². The Morgan fingerprint density at radius 2 is 2.00 bits per heavy atom. The number of hydrogen-bond acceptors (Lipinski definition) is 3. The number of carboxylic acid groups (broad SMARTS) is 1. The smallest absolute Gasteiger partial charge is 0.418 e. The molecule has 0 aliphatic carbocycles. The van der Waals surface area contributed by atoms with Crippen molar-refractivity contribution in [3.8, 4) is 6.07 Å². The van der Waals surface area contributed by atoms with Gasteiger partial charge in [0, 0.05) is 5.56 Å². The first-order valence-corrected chi connectivity index (χ1v) is 4.30. The van der Waals surface area contributed by atoms with E-state index in [0.29, 0.717) is 0 Å². The summed E-state index contributed by atoms with van der Waals surface area (Å²) < 4.78 is 38.0. The number of nitrogens with zero attached hydrogens (tertiary/aromatic N) is 1. The summed E-state index contributed by atoms with van der Waals surface area (Å²) in [5.41, 5.74) is -2.99. The molecule has 0 spiro atoms.